The van der Waals surface area contributed by atoms with E-state index < -0.39 is 0 Å². The van der Waals surface area contributed by atoms with Gasteiger partial charge in [0, 0.05) is 18.4 Å². The second-order valence-corrected chi connectivity index (χ2v) is 5.05. The molecule has 2 aromatic rings. The zero-order valence-electron chi connectivity index (χ0n) is 12.0. The zero-order chi connectivity index (χ0) is 13.7. The summed E-state index contributed by atoms with van der Waals surface area (Å²) in [4.78, 5) is 4.14. The fourth-order valence-corrected chi connectivity index (χ4v) is 2.39. The summed E-state index contributed by atoms with van der Waals surface area (Å²) in [7, 11) is 0. The SMILES string of the molecule is CCNC(C)Cc1ccc(-c2ccncc2C)cc1. The Kier molecular flexibility index (Phi) is 4.69. The first-order valence-corrected chi connectivity index (χ1v) is 6.94. The van der Waals surface area contributed by atoms with Crippen molar-refractivity contribution >= 4 is 0 Å². The van der Waals surface area contributed by atoms with E-state index in [1.165, 1.54) is 22.3 Å². The number of likely N-dealkylation sites (N-methyl/N-ethyl adjacent to an activating group) is 1. The van der Waals surface area contributed by atoms with Crippen LogP contribution in [0.15, 0.2) is 42.7 Å². The Hall–Kier alpha value is -1.67. The van der Waals surface area contributed by atoms with Crippen LogP contribution >= 0.6 is 0 Å². The van der Waals surface area contributed by atoms with Gasteiger partial charge in [0.1, 0.15) is 0 Å². The lowest BCUT2D eigenvalue weighted by molar-refractivity contribution is 0.565. The highest BCUT2D eigenvalue weighted by molar-refractivity contribution is 5.66. The molecule has 0 spiro atoms. The molecular weight excluding hydrogens is 232 g/mol. The number of hydrogen-bond donors (Lipinski definition) is 1. The Bertz CT molecular complexity index is 517. The van der Waals surface area contributed by atoms with Gasteiger partial charge in [0.25, 0.3) is 0 Å². The molecule has 0 fully saturated rings. The van der Waals surface area contributed by atoms with Crippen LogP contribution in [0.5, 0.6) is 0 Å². The van der Waals surface area contributed by atoms with Crippen molar-refractivity contribution in [2.75, 3.05) is 6.54 Å². The van der Waals surface area contributed by atoms with Crippen LogP contribution in [-0.4, -0.2) is 17.6 Å². The predicted octanol–water partition coefficient (Wildman–Crippen LogP) is 3.60. The molecule has 1 aromatic carbocycles. The van der Waals surface area contributed by atoms with Crippen LogP contribution in [0.3, 0.4) is 0 Å². The van der Waals surface area contributed by atoms with E-state index in [-0.39, 0.29) is 0 Å². The first kappa shape index (κ1) is 13.8. The Morgan fingerprint density at radius 2 is 1.89 bits per heavy atom. The quantitative estimate of drug-likeness (QED) is 0.882. The van der Waals surface area contributed by atoms with Crippen molar-refractivity contribution in [1.82, 2.24) is 10.3 Å². The van der Waals surface area contributed by atoms with E-state index in [0.29, 0.717) is 6.04 Å². The van der Waals surface area contributed by atoms with Crippen LogP contribution < -0.4 is 5.32 Å². The third-order valence-corrected chi connectivity index (χ3v) is 3.38. The Balaban J connectivity index is 2.13. The Labute approximate surface area is 115 Å². The molecule has 1 unspecified atom stereocenters. The second-order valence-electron chi connectivity index (χ2n) is 5.05. The van der Waals surface area contributed by atoms with Gasteiger partial charge in [0.15, 0.2) is 0 Å². The number of hydrogen-bond acceptors (Lipinski definition) is 2. The Morgan fingerprint density at radius 1 is 1.16 bits per heavy atom. The van der Waals surface area contributed by atoms with Crippen molar-refractivity contribution < 1.29 is 0 Å². The molecule has 2 nitrogen and oxygen atoms in total. The third kappa shape index (κ3) is 3.65. The summed E-state index contributed by atoms with van der Waals surface area (Å²) in [6.45, 7) is 7.50. The van der Waals surface area contributed by atoms with Crippen molar-refractivity contribution in [2.45, 2.75) is 33.2 Å². The second kappa shape index (κ2) is 6.48. The standard InChI is InChI=1S/C17H22N2/c1-4-19-14(3)11-15-5-7-16(8-6-15)17-9-10-18-12-13(17)2/h5-10,12,14,19H,4,11H2,1-3H3. The first-order valence-electron chi connectivity index (χ1n) is 6.94. The van der Waals surface area contributed by atoms with Gasteiger partial charge in [-0.2, -0.15) is 0 Å². The molecule has 2 heteroatoms. The molecule has 19 heavy (non-hydrogen) atoms. The minimum absolute atomic E-state index is 0.526. The van der Waals surface area contributed by atoms with E-state index in [1.54, 1.807) is 0 Å². The van der Waals surface area contributed by atoms with Crippen molar-refractivity contribution in [1.29, 1.82) is 0 Å². The van der Waals surface area contributed by atoms with E-state index in [4.69, 9.17) is 0 Å². The van der Waals surface area contributed by atoms with Crippen LogP contribution in [0.4, 0.5) is 0 Å². The molecule has 100 valence electrons. The average molecular weight is 254 g/mol. The summed E-state index contributed by atoms with van der Waals surface area (Å²) in [5.41, 5.74) is 5.13. The molecule has 0 aliphatic heterocycles. The molecule has 1 aromatic heterocycles. The number of pyridine rings is 1. The number of nitrogens with zero attached hydrogens (tertiary/aromatic N) is 1. The minimum Gasteiger partial charge on any atom is -0.314 e. The molecule has 0 bridgehead atoms. The van der Waals surface area contributed by atoms with Gasteiger partial charge in [-0.3, -0.25) is 4.98 Å². The number of nitrogens with one attached hydrogen (secondary N) is 1. The summed E-state index contributed by atoms with van der Waals surface area (Å²) < 4.78 is 0. The van der Waals surface area contributed by atoms with Gasteiger partial charge in [0.2, 0.25) is 0 Å². The van der Waals surface area contributed by atoms with Crippen LogP contribution in [0.2, 0.25) is 0 Å². The van der Waals surface area contributed by atoms with Crippen molar-refractivity contribution in [3.8, 4) is 11.1 Å². The number of aryl methyl sites for hydroxylation is 1. The van der Waals surface area contributed by atoms with Gasteiger partial charge in [0.05, 0.1) is 0 Å². The number of rotatable bonds is 5. The smallest absolute Gasteiger partial charge is 0.0303 e. The van der Waals surface area contributed by atoms with Crippen molar-refractivity contribution in [3.05, 3.63) is 53.9 Å². The first-order chi connectivity index (χ1) is 9.20. The number of benzene rings is 1. The summed E-state index contributed by atoms with van der Waals surface area (Å²) in [6, 6.07) is 11.5. The maximum Gasteiger partial charge on any atom is 0.0303 e. The fourth-order valence-electron chi connectivity index (χ4n) is 2.39. The fraction of sp³-hybridized carbons (Fsp3) is 0.353. The summed E-state index contributed by atoms with van der Waals surface area (Å²) in [6.07, 6.45) is 4.84. The normalized spacial score (nSPS) is 12.4. The molecule has 2 rings (SSSR count). The van der Waals surface area contributed by atoms with Gasteiger partial charge in [-0.15, -0.1) is 0 Å². The van der Waals surface area contributed by atoms with Gasteiger partial charge in [-0.25, -0.2) is 0 Å². The van der Waals surface area contributed by atoms with Crippen molar-refractivity contribution in [3.63, 3.8) is 0 Å². The highest BCUT2D eigenvalue weighted by Gasteiger charge is 2.04. The monoisotopic (exact) mass is 254 g/mol. The topological polar surface area (TPSA) is 24.9 Å². The van der Waals surface area contributed by atoms with E-state index >= 15 is 0 Å². The molecule has 0 amide bonds. The molecule has 0 saturated carbocycles. The molecular formula is C17H22N2. The Morgan fingerprint density at radius 3 is 2.53 bits per heavy atom. The van der Waals surface area contributed by atoms with Crippen LogP contribution in [0.25, 0.3) is 11.1 Å². The summed E-state index contributed by atoms with van der Waals surface area (Å²) in [5, 5.41) is 3.44. The van der Waals surface area contributed by atoms with Crippen LogP contribution in [-0.2, 0) is 6.42 Å². The van der Waals surface area contributed by atoms with E-state index in [1.807, 2.05) is 12.4 Å². The van der Waals surface area contributed by atoms with Gasteiger partial charge < -0.3 is 5.32 Å². The lowest BCUT2D eigenvalue weighted by Crippen LogP contribution is -2.27. The summed E-state index contributed by atoms with van der Waals surface area (Å²) in [5.74, 6) is 0. The maximum atomic E-state index is 4.14. The molecule has 1 atom stereocenters. The molecule has 0 aliphatic rings. The number of aromatic nitrogens is 1. The average Bonchev–Trinajstić information content (AvgIpc) is 2.41. The van der Waals surface area contributed by atoms with Crippen molar-refractivity contribution in [2.24, 2.45) is 0 Å². The predicted molar refractivity (Wildman–Crippen MR) is 81.3 cm³/mol. The summed E-state index contributed by atoms with van der Waals surface area (Å²) >= 11 is 0. The molecule has 0 saturated heterocycles. The lowest BCUT2D eigenvalue weighted by Gasteiger charge is -2.12. The van der Waals surface area contributed by atoms with E-state index in [2.05, 4.69) is 61.4 Å². The maximum absolute atomic E-state index is 4.14. The lowest BCUT2D eigenvalue weighted by atomic mass is 9.99. The molecule has 1 heterocycles. The highest BCUT2D eigenvalue weighted by atomic mass is 14.9. The largest absolute Gasteiger partial charge is 0.314 e. The molecule has 0 radical (unpaired) electrons. The van der Waals surface area contributed by atoms with E-state index in [0.717, 1.165) is 13.0 Å². The third-order valence-electron chi connectivity index (χ3n) is 3.38. The van der Waals surface area contributed by atoms with Crippen LogP contribution in [0.1, 0.15) is 25.0 Å². The zero-order valence-corrected chi connectivity index (χ0v) is 12.0. The molecule has 0 aliphatic carbocycles. The van der Waals surface area contributed by atoms with Gasteiger partial charge >= 0.3 is 0 Å². The minimum atomic E-state index is 0.526. The van der Waals surface area contributed by atoms with Gasteiger partial charge in [-0.1, -0.05) is 31.2 Å². The van der Waals surface area contributed by atoms with Crippen LogP contribution in [0, 0.1) is 6.92 Å². The van der Waals surface area contributed by atoms with E-state index in [9.17, 15) is 0 Å². The van der Waals surface area contributed by atoms with Gasteiger partial charge in [-0.05, 0) is 55.1 Å². The molecule has 1 N–H and O–H groups in total. The highest BCUT2D eigenvalue weighted by Crippen LogP contribution is 2.22.